The van der Waals surface area contributed by atoms with E-state index in [9.17, 15) is 13.6 Å². The van der Waals surface area contributed by atoms with Crippen molar-refractivity contribution < 1.29 is 13.6 Å². The molecule has 1 aromatic heterocycles. The maximum Gasteiger partial charge on any atom is 0.186 e. The number of hydrogen-bond acceptors (Lipinski definition) is 2. The number of rotatable bonds is 4. The van der Waals surface area contributed by atoms with Gasteiger partial charge < -0.3 is 0 Å². The molecule has 1 heterocycles. The molecule has 6 heteroatoms. The van der Waals surface area contributed by atoms with Gasteiger partial charge in [0.25, 0.3) is 0 Å². The Kier molecular flexibility index (Phi) is 4.09. The smallest absolute Gasteiger partial charge is 0.186 e. The van der Waals surface area contributed by atoms with E-state index in [0.717, 1.165) is 12.1 Å². The van der Waals surface area contributed by atoms with E-state index in [4.69, 9.17) is 0 Å². The largest absolute Gasteiger partial charge is 0.292 e. The molecule has 0 N–H and O–H groups in total. The van der Waals surface area contributed by atoms with E-state index >= 15 is 0 Å². The Morgan fingerprint density at radius 1 is 1.37 bits per heavy atom. The predicted octanol–water partition coefficient (Wildman–Crippen LogP) is 3.37. The van der Waals surface area contributed by atoms with Crippen molar-refractivity contribution in [2.24, 2.45) is 0 Å². The minimum absolute atomic E-state index is 0.219. The zero-order valence-corrected chi connectivity index (χ0v) is 11.7. The van der Waals surface area contributed by atoms with Crippen molar-refractivity contribution in [2.45, 2.75) is 19.9 Å². The maximum atomic E-state index is 13.5. The molecule has 2 aromatic rings. The first-order valence-electron chi connectivity index (χ1n) is 5.72. The van der Waals surface area contributed by atoms with Crippen LogP contribution in [0.15, 0.2) is 28.9 Å². The molecule has 3 nitrogen and oxygen atoms in total. The summed E-state index contributed by atoms with van der Waals surface area (Å²) in [5, 5.41) is 4.00. The van der Waals surface area contributed by atoms with E-state index in [-0.39, 0.29) is 17.8 Å². The van der Waals surface area contributed by atoms with Gasteiger partial charge in [0.2, 0.25) is 0 Å². The Labute approximate surface area is 117 Å². The molecule has 0 saturated heterocycles. The first-order valence-corrected chi connectivity index (χ1v) is 6.51. The molecule has 0 saturated carbocycles. The van der Waals surface area contributed by atoms with Gasteiger partial charge in [-0.3, -0.25) is 9.48 Å². The minimum Gasteiger partial charge on any atom is -0.292 e. The van der Waals surface area contributed by atoms with Crippen molar-refractivity contribution in [2.75, 3.05) is 0 Å². The standard InChI is InChI=1S/C13H11BrF2N2O/c1-2-18-13(9(14)7-17-18)12(19)6-8-10(15)4-3-5-11(8)16/h3-5,7H,2,6H2,1H3. The number of carbonyl (C=O) groups excluding carboxylic acids is 1. The van der Waals surface area contributed by atoms with E-state index < -0.39 is 11.6 Å². The van der Waals surface area contributed by atoms with Crippen LogP contribution in [0.4, 0.5) is 8.78 Å². The quantitative estimate of drug-likeness (QED) is 0.806. The predicted molar refractivity (Wildman–Crippen MR) is 70.0 cm³/mol. The van der Waals surface area contributed by atoms with Gasteiger partial charge in [-0.15, -0.1) is 0 Å². The van der Waals surface area contributed by atoms with Crippen LogP contribution < -0.4 is 0 Å². The van der Waals surface area contributed by atoms with E-state index in [1.165, 1.54) is 16.9 Å². The molecule has 0 spiro atoms. The maximum absolute atomic E-state index is 13.5. The SMILES string of the molecule is CCn1ncc(Br)c1C(=O)Cc1c(F)cccc1F. The summed E-state index contributed by atoms with van der Waals surface area (Å²) in [5.74, 6) is -1.81. The van der Waals surface area contributed by atoms with Gasteiger partial charge in [0.1, 0.15) is 17.3 Å². The van der Waals surface area contributed by atoms with Gasteiger partial charge in [-0.25, -0.2) is 8.78 Å². The van der Waals surface area contributed by atoms with Crippen LogP contribution in [0.3, 0.4) is 0 Å². The third-order valence-corrected chi connectivity index (χ3v) is 3.34. The molecule has 19 heavy (non-hydrogen) atoms. The molecule has 0 aliphatic carbocycles. The summed E-state index contributed by atoms with van der Waals surface area (Å²) in [6.07, 6.45) is 1.16. The van der Waals surface area contributed by atoms with Crippen LogP contribution in [0.1, 0.15) is 23.0 Å². The van der Waals surface area contributed by atoms with Crippen LogP contribution in [-0.2, 0) is 13.0 Å². The summed E-state index contributed by atoms with van der Waals surface area (Å²) < 4.78 is 29.0. The normalized spacial score (nSPS) is 10.7. The van der Waals surface area contributed by atoms with Crippen LogP contribution in [0.5, 0.6) is 0 Å². The molecular formula is C13H11BrF2N2O. The summed E-state index contributed by atoms with van der Waals surface area (Å²) >= 11 is 3.22. The van der Waals surface area contributed by atoms with Crippen LogP contribution >= 0.6 is 15.9 Å². The van der Waals surface area contributed by atoms with Crippen molar-refractivity contribution in [1.82, 2.24) is 9.78 Å². The van der Waals surface area contributed by atoms with Crippen molar-refractivity contribution in [3.05, 3.63) is 51.8 Å². The monoisotopic (exact) mass is 328 g/mol. The number of halogens is 3. The van der Waals surface area contributed by atoms with Crippen LogP contribution in [0.25, 0.3) is 0 Å². The number of benzene rings is 1. The highest BCUT2D eigenvalue weighted by Crippen LogP contribution is 2.20. The fourth-order valence-corrected chi connectivity index (χ4v) is 2.34. The van der Waals surface area contributed by atoms with Gasteiger partial charge in [0, 0.05) is 18.5 Å². The van der Waals surface area contributed by atoms with Gasteiger partial charge in [0.05, 0.1) is 10.7 Å². The molecule has 1 aromatic carbocycles. The van der Waals surface area contributed by atoms with E-state index in [0.29, 0.717) is 16.7 Å². The van der Waals surface area contributed by atoms with Crippen LogP contribution in [-0.4, -0.2) is 15.6 Å². The zero-order chi connectivity index (χ0) is 14.0. The molecule has 0 fully saturated rings. The number of aryl methyl sites for hydroxylation is 1. The Morgan fingerprint density at radius 3 is 2.58 bits per heavy atom. The second-order valence-electron chi connectivity index (χ2n) is 3.96. The van der Waals surface area contributed by atoms with Gasteiger partial charge in [-0.1, -0.05) is 6.07 Å². The zero-order valence-electron chi connectivity index (χ0n) is 10.2. The summed E-state index contributed by atoms with van der Waals surface area (Å²) in [6.45, 7) is 2.34. The van der Waals surface area contributed by atoms with Gasteiger partial charge in [0.15, 0.2) is 5.78 Å². The number of ketones is 1. The van der Waals surface area contributed by atoms with E-state index in [1.54, 1.807) is 0 Å². The first-order chi connectivity index (χ1) is 9.04. The molecule has 0 bridgehead atoms. The number of Topliss-reactive ketones (excluding diaryl/α,β-unsaturated/α-hetero) is 1. The average Bonchev–Trinajstić information content (AvgIpc) is 2.75. The molecule has 0 radical (unpaired) electrons. The lowest BCUT2D eigenvalue weighted by atomic mass is 10.1. The number of nitrogens with zero attached hydrogens (tertiary/aromatic N) is 2. The lowest BCUT2D eigenvalue weighted by Gasteiger charge is -2.06. The second kappa shape index (κ2) is 5.61. The summed E-state index contributed by atoms with van der Waals surface area (Å²) in [7, 11) is 0. The molecule has 2 rings (SSSR count). The molecule has 0 aliphatic heterocycles. The third kappa shape index (κ3) is 2.73. The molecular weight excluding hydrogens is 318 g/mol. The molecule has 0 unspecified atom stereocenters. The number of hydrogen-bond donors (Lipinski definition) is 0. The van der Waals surface area contributed by atoms with Crippen LogP contribution in [0, 0.1) is 11.6 Å². The third-order valence-electron chi connectivity index (χ3n) is 2.76. The Bertz CT molecular complexity index is 605. The highest BCUT2D eigenvalue weighted by Gasteiger charge is 2.20. The Hall–Kier alpha value is -1.56. The van der Waals surface area contributed by atoms with E-state index in [2.05, 4.69) is 21.0 Å². The summed E-state index contributed by atoms with van der Waals surface area (Å²) in [5.41, 5.74) is 0.105. The highest BCUT2D eigenvalue weighted by molar-refractivity contribution is 9.10. The Morgan fingerprint density at radius 2 is 2.00 bits per heavy atom. The molecule has 100 valence electrons. The van der Waals surface area contributed by atoms with Crippen molar-refractivity contribution in [3.8, 4) is 0 Å². The lowest BCUT2D eigenvalue weighted by Crippen LogP contribution is -2.14. The van der Waals surface area contributed by atoms with Gasteiger partial charge >= 0.3 is 0 Å². The van der Waals surface area contributed by atoms with Gasteiger partial charge in [-0.05, 0) is 35.0 Å². The fraction of sp³-hybridized carbons (Fsp3) is 0.231. The highest BCUT2D eigenvalue weighted by atomic mass is 79.9. The van der Waals surface area contributed by atoms with Gasteiger partial charge in [-0.2, -0.15) is 5.10 Å². The molecule has 0 atom stereocenters. The van der Waals surface area contributed by atoms with Crippen LogP contribution in [0.2, 0.25) is 0 Å². The number of carbonyl (C=O) groups is 1. The summed E-state index contributed by atoms with van der Waals surface area (Å²) in [4.78, 5) is 12.2. The number of aromatic nitrogens is 2. The second-order valence-corrected chi connectivity index (χ2v) is 4.81. The van der Waals surface area contributed by atoms with Crippen molar-refractivity contribution >= 4 is 21.7 Å². The summed E-state index contributed by atoms with van der Waals surface area (Å²) in [6, 6.07) is 3.54. The van der Waals surface area contributed by atoms with Crippen molar-refractivity contribution in [3.63, 3.8) is 0 Å². The Balaban J connectivity index is 2.34. The van der Waals surface area contributed by atoms with E-state index in [1.807, 2.05) is 6.92 Å². The topological polar surface area (TPSA) is 34.9 Å². The molecule has 0 aliphatic rings. The average molecular weight is 329 g/mol. The minimum atomic E-state index is -0.716. The lowest BCUT2D eigenvalue weighted by molar-refractivity contribution is 0.0979. The first kappa shape index (κ1) is 13.9. The molecule has 0 amide bonds. The van der Waals surface area contributed by atoms with Crippen molar-refractivity contribution in [1.29, 1.82) is 0 Å². The fourth-order valence-electron chi connectivity index (χ4n) is 1.82.